The van der Waals surface area contributed by atoms with Crippen LogP contribution in [0, 0.1) is 0 Å². The first-order valence-electron chi connectivity index (χ1n) is 10.7. The van der Waals surface area contributed by atoms with Gasteiger partial charge < -0.3 is 15.4 Å². The third-order valence-corrected chi connectivity index (χ3v) is 5.85. The molecule has 28 heavy (non-hydrogen) atoms. The van der Waals surface area contributed by atoms with Gasteiger partial charge in [0.1, 0.15) is 0 Å². The van der Waals surface area contributed by atoms with E-state index in [0.29, 0.717) is 0 Å². The van der Waals surface area contributed by atoms with Crippen LogP contribution in [-0.4, -0.2) is 62.3 Å². The minimum absolute atomic E-state index is 0. The van der Waals surface area contributed by atoms with Crippen LogP contribution in [-0.2, 0) is 11.2 Å². The molecule has 158 valence electrons. The molecule has 2 heterocycles. The number of likely N-dealkylation sites (tertiary alicyclic amines) is 1. The summed E-state index contributed by atoms with van der Waals surface area (Å²) in [6.07, 6.45) is 7.06. The highest BCUT2D eigenvalue weighted by Crippen LogP contribution is 2.31. The van der Waals surface area contributed by atoms with Crippen molar-refractivity contribution in [3.63, 3.8) is 0 Å². The Morgan fingerprint density at radius 3 is 2.50 bits per heavy atom. The molecule has 6 heteroatoms. The number of aryl methyl sites for hydroxylation is 1. The number of hydrogen-bond acceptors (Lipinski definition) is 3. The highest BCUT2D eigenvalue weighted by Gasteiger charge is 2.39. The highest BCUT2D eigenvalue weighted by atomic mass is 127. The first-order chi connectivity index (χ1) is 13.3. The molecule has 0 radical (unpaired) electrons. The van der Waals surface area contributed by atoms with Gasteiger partial charge in [-0.2, -0.15) is 0 Å². The van der Waals surface area contributed by atoms with E-state index in [2.05, 4.69) is 52.8 Å². The molecule has 1 aromatic carbocycles. The molecule has 0 unspecified atom stereocenters. The molecule has 0 amide bonds. The van der Waals surface area contributed by atoms with Crippen LogP contribution in [0.4, 0.5) is 0 Å². The maximum Gasteiger partial charge on any atom is 0.191 e. The van der Waals surface area contributed by atoms with Gasteiger partial charge in [0.2, 0.25) is 0 Å². The molecule has 0 atom stereocenters. The average Bonchev–Trinajstić information content (AvgIpc) is 3.26. The van der Waals surface area contributed by atoms with Crippen LogP contribution in [0.2, 0.25) is 0 Å². The number of nitrogens with zero attached hydrogens (tertiary/aromatic N) is 2. The molecule has 2 saturated heterocycles. The zero-order chi connectivity index (χ0) is 18.8. The monoisotopic (exact) mass is 500 g/mol. The fourth-order valence-corrected chi connectivity index (χ4v) is 4.23. The van der Waals surface area contributed by atoms with Crippen molar-refractivity contribution in [2.24, 2.45) is 4.99 Å². The topological polar surface area (TPSA) is 48.9 Å². The number of nitrogens with one attached hydrogen (secondary N) is 2. The van der Waals surface area contributed by atoms with E-state index < -0.39 is 0 Å². The van der Waals surface area contributed by atoms with Gasteiger partial charge in [-0.05, 0) is 64.1 Å². The Kier molecular flexibility index (Phi) is 10.6. The highest BCUT2D eigenvalue weighted by molar-refractivity contribution is 14.0. The van der Waals surface area contributed by atoms with Crippen molar-refractivity contribution in [1.29, 1.82) is 0 Å². The molecule has 2 fully saturated rings. The number of guanidine groups is 1. The first kappa shape index (κ1) is 23.4. The van der Waals surface area contributed by atoms with Crippen molar-refractivity contribution in [3.8, 4) is 0 Å². The third-order valence-electron chi connectivity index (χ3n) is 5.85. The van der Waals surface area contributed by atoms with Gasteiger partial charge in [0.05, 0.1) is 6.54 Å². The smallest absolute Gasteiger partial charge is 0.191 e. The predicted octanol–water partition coefficient (Wildman–Crippen LogP) is 3.44. The van der Waals surface area contributed by atoms with Crippen LogP contribution in [0.15, 0.2) is 35.3 Å². The van der Waals surface area contributed by atoms with E-state index in [1.807, 2.05) is 0 Å². The maximum absolute atomic E-state index is 5.65. The lowest BCUT2D eigenvalue weighted by molar-refractivity contribution is -0.0139. The lowest BCUT2D eigenvalue weighted by Gasteiger charge is -2.43. The van der Waals surface area contributed by atoms with Gasteiger partial charge in [0.25, 0.3) is 0 Å². The Morgan fingerprint density at radius 2 is 1.82 bits per heavy atom. The minimum Gasteiger partial charge on any atom is -0.381 e. The normalized spacial score (nSPS) is 19.8. The van der Waals surface area contributed by atoms with Crippen molar-refractivity contribution in [2.45, 2.75) is 51.0 Å². The number of benzene rings is 1. The molecule has 2 aliphatic heterocycles. The zero-order valence-corrected chi connectivity index (χ0v) is 19.6. The van der Waals surface area contributed by atoms with Crippen LogP contribution in [0.5, 0.6) is 0 Å². The van der Waals surface area contributed by atoms with E-state index in [4.69, 9.17) is 9.73 Å². The van der Waals surface area contributed by atoms with Crippen molar-refractivity contribution < 1.29 is 4.74 Å². The number of ether oxygens (including phenoxy) is 1. The van der Waals surface area contributed by atoms with Gasteiger partial charge in [-0.25, -0.2) is 0 Å². The van der Waals surface area contributed by atoms with Gasteiger partial charge in [-0.3, -0.25) is 9.89 Å². The summed E-state index contributed by atoms with van der Waals surface area (Å²) >= 11 is 0. The van der Waals surface area contributed by atoms with Crippen molar-refractivity contribution in [1.82, 2.24) is 15.5 Å². The van der Waals surface area contributed by atoms with Gasteiger partial charge in [-0.15, -0.1) is 24.0 Å². The van der Waals surface area contributed by atoms with Crippen LogP contribution in [0.25, 0.3) is 0 Å². The summed E-state index contributed by atoms with van der Waals surface area (Å²) in [5, 5.41) is 6.95. The number of halogens is 1. The second-order valence-corrected chi connectivity index (χ2v) is 7.74. The van der Waals surface area contributed by atoms with E-state index in [-0.39, 0.29) is 29.5 Å². The van der Waals surface area contributed by atoms with Gasteiger partial charge in [0, 0.05) is 31.8 Å². The number of aliphatic imine (C=N–C) groups is 1. The standard InChI is InChI=1S/C22H36N4O.HI/c1-2-23-21(24-14-8-11-20-9-4-3-5-10-20)25-19-22(12-17-27-18-13-22)26-15-6-7-16-26;/h3-5,9-10H,2,6-8,11-19H2,1H3,(H2,23,24,25);1H. The number of hydrogen-bond donors (Lipinski definition) is 2. The molecule has 3 rings (SSSR count). The van der Waals surface area contributed by atoms with Crippen LogP contribution in [0.3, 0.4) is 0 Å². The Hall–Kier alpha value is -0.860. The number of rotatable bonds is 8. The Morgan fingerprint density at radius 1 is 1.11 bits per heavy atom. The largest absolute Gasteiger partial charge is 0.381 e. The van der Waals surface area contributed by atoms with E-state index in [1.54, 1.807) is 0 Å². The lowest BCUT2D eigenvalue weighted by Crippen LogP contribution is -2.54. The molecule has 0 spiro atoms. The summed E-state index contributed by atoms with van der Waals surface area (Å²) in [6.45, 7) is 9.01. The van der Waals surface area contributed by atoms with Crippen LogP contribution >= 0.6 is 24.0 Å². The molecule has 0 aromatic heterocycles. The van der Waals surface area contributed by atoms with Crippen molar-refractivity contribution >= 4 is 29.9 Å². The van der Waals surface area contributed by atoms with E-state index in [1.165, 1.54) is 31.5 Å². The average molecular weight is 500 g/mol. The summed E-state index contributed by atoms with van der Waals surface area (Å²) < 4.78 is 5.65. The van der Waals surface area contributed by atoms with Crippen LogP contribution < -0.4 is 10.6 Å². The second kappa shape index (κ2) is 12.6. The summed E-state index contributed by atoms with van der Waals surface area (Å²) in [4.78, 5) is 7.67. The summed E-state index contributed by atoms with van der Waals surface area (Å²) in [5.41, 5.74) is 1.60. The van der Waals surface area contributed by atoms with E-state index >= 15 is 0 Å². The molecule has 1 aromatic rings. The van der Waals surface area contributed by atoms with Crippen LogP contribution in [0.1, 0.15) is 44.6 Å². The predicted molar refractivity (Wildman–Crippen MR) is 128 cm³/mol. The third kappa shape index (κ3) is 6.88. The molecule has 0 bridgehead atoms. The fourth-order valence-electron chi connectivity index (χ4n) is 4.23. The molecule has 5 nitrogen and oxygen atoms in total. The second-order valence-electron chi connectivity index (χ2n) is 7.74. The quantitative estimate of drug-likeness (QED) is 0.249. The summed E-state index contributed by atoms with van der Waals surface area (Å²) in [6, 6.07) is 10.7. The summed E-state index contributed by atoms with van der Waals surface area (Å²) in [5.74, 6) is 0.954. The summed E-state index contributed by atoms with van der Waals surface area (Å²) in [7, 11) is 0. The molecule has 0 aliphatic carbocycles. The van der Waals surface area contributed by atoms with Crippen molar-refractivity contribution in [3.05, 3.63) is 35.9 Å². The zero-order valence-electron chi connectivity index (χ0n) is 17.3. The van der Waals surface area contributed by atoms with Gasteiger partial charge in [-0.1, -0.05) is 30.3 Å². The van der Waals surface area contributed by atoms with E-state index in [0.717, 1.165) is 64.5 Å². The van der Waals surface area contributed by atoms with Crippen molar-refractivity contribution in [2.75, 3.05) is 45.9 Å². The van der Waals surface area contributed by atoms with Gasteiger partial charge in [0.15, 0.2) is 5.96 Å². The first-order valence-corrected chi connectivity index (χ1v) is 10.7. The lowest BCUT2D eigenvalue weighted by atomic mass is 9.88. The molecular formula is C22H37IN4O. The molecular weight excluding hydrogens is 463 g/mol. The van der Waals surface area contributed by atoms with Gasteiger partial charge >= 0.3 is 0 Å². The molecule has 2 aliphatic rings. The fraction of sp³-hybridized carbons (Fsp3) is 0.682. The van der Waals surface area contributed by atoms with E-state index in [9.17, 15) is 0 Å². The SMILES string of the molecule is CCNC(=NCC1(N2CCCC2)CCOCC1)NCCCc1ccccc1.I. The Balaban J connectivity index is 0.00000280. The molecule has 0 saturated carbocycles. The Bertz CT molecular complexity index is 569. The Labute approximate surface area is 187 Å². The molecule has 2 N–H and O–H groups in total. The maximum atomic E-state index is 5.65. The minimum atomic E-state index is 0.